The van der Waals surface area contributed by atoms with Gasteiger partial charge in [-0.05, 0) is 25.0 Å². The number of nitrogens with zero attached hydrogens (tertiary/aromatic N) is 1. The summed E-state index contributed by atoms with van der Waals surface area (Å²) in [6.07, 6.45) is 1.36. The van der Waals surface area contributed by atoms with E-state index in [4.69, 9.17) is 10.5 Å². The Bertz CT molecular complexity index is 468. The molecule has 0 saturated carbocycles. The Balaban J connectivity index is 2.18. The van der Waals surface area contributed by atoms with Crippen molar-refractivity contribution in [2.45, 2.75) is 12.8 Å². The summed E-state index contributed by atoms with van der Waals surface area (Å²) in [5.41, 5.74) is 7.17. The predicted molar refractivity (Wildman–Crippen MR) is 80.9 cm³/mol. The average Bonchev–Trinajstić information content (AvgIpc) is 2.48. The van der Waals surface area contributed by atoms with Gasteiger partial charge in [-0.15, -0.1) is 0 Å². The molecule has 0 bridgehead atoms. The normalized spacial score (nSPS) is 17.6. The zero-order valence-corrected chi connectivity index (χ0v) is 12.2. The average molecular weight is 277 g/mol. The van der Waals surface area contributed by atoms with Crippen molar-refractivity contribution in [2.24, 2.45) is 11.1 Å². The second-order valence-corrected chi connectivity index (χ2v) is 5.46. The van der Waals surface area contributed by atoms with Gasteiger partial charge in [-0.2, -0.15) is 0 Å². The van der Waals surface area contributed by atoms with E-state index in [1.54, 1.807) is 0 Å². The molecule has 3 N–H and O–H groups in total. The van der Waals surface area contributed by atoms with Crippen molar-refractivity contribution in [2.75, 3.05) is 44.1 Å². The summed E-state index contributed by atoms with van der Waals surface area (Å²) in [5, 5.41) is 3.04. The van der Waals surface area contributed by atoms with E-state index in [0.717, 1.165) is 11.4 Å². The maximum Gasteiger partial charge on any atom is 0.232 e. The highest BCUT2D eigenvalue weighted by molar-refractivity contribution is 5.98. The fourth-order valence-electron chi connectivity index (χ4n) is 2.51. The first-order valence-electron chi connectivity index (χ1n) is 6.95. The maximum absolute atomic E-state index is 12.6. The summed E-state index contributed by atoms with van der Waals surface area (Å²) in [6, 6.07) is 7.77. The summed E-state index contributed by atoms with van der Waals surface area (Å²) in [4.78, 5) is 14.6. The van der Waals surface area contributed by atoms with Gasteiger partial charge in [0.2, 0.25) is 5.91 Å². The smallest absolute Gasteiger partial charge is 0.232 e. The second-order valence-electron chi connectivity index (χ2n) is 5.46. The molecule has 0 radical (unpaired) electrons. The van der Waals surface area contributed by atoms with Crippen LogP contribution in [-0.2, 0) is 9.53 Å². The molecule has 1 heterocycles. The number of carbonyl (C=O) groups excluding carboxylic acids is 1. The molecule has 20 heavy (non-hydrogen) atoms. The number of amides is 1. The first kappa shape index (κ1) is 14.8. The number of nitrogens with one attached hydrogen (secondary N) is 1. The van der Waals surface area contributed by atoms with Gasteiger partial charge in [0.15, 0.2) is 0 Å². The lowest BCUT2D eigenvalue weighted by Gasteiger charge is -2.34. The van der Waals surface area contributed by atoms with Crippen molar-refractivity contribution in [1.29, 1.82) is 0 Å². The third-order valence-corrected chi connectivity index (χ3v) is 3.96. The van der Waals surface area contributed by atoms with Crippen molar-refractivity contribution in [1.82, 2.24) is 0 Å². The molecule has 1 fully saturated rings. The monoisotopic (exact) mass is 277 g/mol. The minimum Gasteiger partial charge on any atom is -0.381 e. The number of para-hydroxylation sites is 2. The topological polar surface area (TPSA) is 67.6 Å². The Labute approximate surface area is 120 Å². The molecule has 5 heteroatoms. The Hall–Kier alpha value is -1.59. The number of anilines is 2. The molecule has 0 atom stereocenters. The van der Waals surface area contributed by atoms with Gasteiger partial charge in [0.25, 0.3) is 0 Å². The third-order valence-electron chi connectivity index (χ3n) is 3.96. The molecule has 1 aromatic rings. The van der Waals surface area contributed by atoms with E-state index in [2.05, 4.69) is 5.32 Å². The minimum atomic E-state index is -0.502. The molecular formula is C15H23N3O2. The van der Waals surface area contributed by atoms with Gasteiger partial charge >= 0.3 is 0 Å². The van der Waals surface area contributed by atoms with Crippen molar-refractivity contribution in [3.8, 4) is 0 Å². The predicted octanol–water partition coefficient (Wildman–Crippen LogP) is 1.45. The van der Waals surface area contributed by atoms with Gasteiger partial charge in [0.05, 0.1) is 16.8 Å². The number of nitrogens with two attached hydrogens (primary N) is 1. The molecule has 0 aromatic heterocycles. The maximum atomic E-state index is 12.6. The molecule has 1 aromatic carbocycles. The number of rotatable bonds is 4. The van der Waals surface area contributed by atoms with Gasteiger partial charge in [0.1, 0.15) is 0 Å². The van der Waals surface area contributed by atoms with Crippen LogP contribution < -0.4 is 16.0 Å². The molecule has 1 saturated heterocycles. The molecule has 0 unspecified atom stereocenters. The molecule has 1 aliphatic rings. The molecule has 5 nitrogen and oxygen atoms in total. The van der Waals surface area contributed by atoms with Crippen molar-refractivity contribution in [3.63, 3.8) is 0 Å². The summed E-state index contributed by atoms with van der Waals surface area (Å²) in [5.74, 6) is -0.00222. The van der Waals surface area contributed by atoms with Crippen molar-refractivity contribution in [3.05, 3.63) is 24.3 Å². The Morgan fingerprint density at radius 3 is 2.60 bits per heavy atom. The van der Waals surface area contributed by atoms with Crippen LogP contribution in [0.5, 0.6) is 0 Å². The first-order chi connectivity index (χ1) is 9.59. The molecular weight excluding hydrogens is 254 g/mol. The van der Waals surface area contributed by atoms with E-state index >= 15 is 0 Å². The standard InChI is InChI=1S/C15H23N3O2/c1-18(2)13-6-4-3-5-12(13)17-14(19)15(11-16)7-9-20-10-8-15/h3-6H,7-11,16H2,1-2H3,(H,17,19). The fourth-order valence-corrected chi connectivity index (χ4v) is 2.51. The van der Waals surface area contributed by atoms with E-state index in [-0.39, 0.29) is 5.91 Å². The lowest BCUT2D eigenvalue weighted by Crippen LogP contribution is -2.46. The van der Waals surface area contributed by atoms with E-state index < -0.39 is 5.41 Å². The molecule has 1 aliphatic heterocycles. The zero-order chi connectivity index (χ0) is 14.6. The van der Waals surface area contributed by atoms with E-state index in [9.17, 15) is 4.79 Å². The molecule has 110 valence electrons. The number of hydrogen-bond acceptors (Lipinski definition) is 4. The molecule has 0 aliphatic carbocycles. The number of carbonyl (C=O) groups is 1. The van der Waals surface area contributed by atoms with E-state index in [1.807, 2.05) is 43.3 Å². The van der Waals surface area contributed by atoms with E-state index in [0.29, 0.717) is 32.6 Å². The first-order valence-corrected chi connectivity index (χ1v) is 6.95. The van der Waals surface area contributed by atoms with Crippen LogP contribution in [0.2, 0.25) is 0 Å². The molecule has 2 rings (SSSR count). The highest BCUT2D eigenvalue weighted by atomic mass is 16.5. The van der Waals surface area contributed by atoms with Gasteiger partial charge in [-0.1, -0.05) is 12.1 Å². The largest absolute Gasteiger partial charge is 0.381 e. The number of benzene rings is 1. The summed E-state index contributed by atoms with van der Waals surface area (Å²) < 4.78 is 5.35. The number of hydrogen-bond donors (Lipinski definition) is 2. The second kappa shape index (κ2) is 6.24. The van der Waals surface area contributed by atoms with Crippen molar-refractivity contribution < 1.29 is 9.53 Å². The lowest BCUT2D eigenvalue weighted by atomic mass is 9.79. The van der Waals surface area contributed by atoms with Crippen LogP contribution in [0.1, 0.15) is 12.8 Å². The van der Waals surface area contributed by atoms with Crippen LogP contribution in [0.4, 0.5) is 11.4 Å². The zero-order valence-electron chi connectivity index (χ0n) is 12.2. The summed E-state index contributed by atoms with van der Waals surface area (Å²) in [6.45, 7) is 1.55. The van der Waals surface area contributed by atoms with Gasteiger partial charge in [-0.3, -0.25) is 4.79 Å². The molecule has 1 amide bonds. The Kier molecular flexibility index (Phi) is 4.62. The summed E-state index contributed by atoms with van der Waals surface area (Å²) >= 11 is 0. The lowest BCUT2D eigenvalue weighted by molar-refractivity contribution is -0.130. The Morgan fingerprint density at radius 1 is 1.35 bits per heavy atom. The van der Waals surface area contributed by atoms with Gasteiger partial charge in [0, 0.05) is 33.9 Å². The van der Waals surface area contributed by atoms with Gasteiger partial charge < -0.3 is 20.7 Å². The van der Waals surface area contributed by atoms with Crippen LogP contribution in [-0.4, -0.2) is 39.8 Å². The highest BCUT2D eigenvalue weighted by Crippen LogP contribution is 2.32. The quantitative estimate of drug-likeness (QED) is 0.874. The van der Waals surface area contributed by atoms with Gasteiger partial charge in [-0.25, -0.2) is 0 Å². The van der Waals surface area contributed by atoms with Crippen LogP contribution in [0.3, 0.4) is 0 Å². The van der Waals surface area contributed by atoms with Crippen LogP contribution in [0.25, 0.3) is 0 Å². The fraction of sp³-hybridized carbons (Fsp3) is 0.533. The van der Waals surface area contributed by atoms with E-state index in [1.165, 1.54) is 0 Å². The minimum absolute atomic E-state index is 0.00222. The van der Waals surface area contributed by atoms with Crippen molar-refractivity contribution >= 4 is 17.3 Å². The van der Waals surface area contributed by atoms with Crippen LogP contribution in [0, 0.1) is 5.41 Å². The van der Waals surface area contributed by atoms with Crippen LogP contribution >= 0.6 is 0 Å². The summed E-state index contributed by atoms with van der Waals surface area (Å²) in [7, 11) is 3.91. The SMILES string of the molecule is CN(C)c1ccccc1NC(=O)C1(CN)CCOCC1. The Morgan fingerprint density at radius 2 is 2.00 bits per heavy atom. The number of ether oxygens (including phenoxy) is 1. The highest BCUT2D eigenvalue weighted by Gasteiger charge is 2.39. The van der Waals surface area contributed by atoms with Crippen LogP contribution in [0.15, 0.2) is 24.3 Å². The third kappa shape index (κ3) is 2.94. The molecule has 0 spiro atoms.